The Kier molecular flexibility index (Phi) is 8.91. The lowest BCUT2D eigenvalue weighted by molar-refractivity contribution is 0.0834. The first-order valence-corrected chi connectivity index (χ1v) is 10.3. The molecule has 9 heteroatoms. The van der Waals surface area contributed by atoms with Gasteiger partial charge in [0.2, 0.25) is 0 Å². The summed E-state index contributed by atoms with van der Waals surface area (Å²) >= 11 is 0. The molecule has 166 valence electrons. The van der Waals surface area contributed by atoms with Gasteiger partial charge in [-0.3, -0.25) is 9.88 Å². The minimum Gasteiger partial charge on any atom is -0.478 e. The van der Waals surface area contributed by atoms with Gasteiger partial charge in [-0.15, -0.1) is 0 Å². The Labute approximate surface area is 177 Å². The lowest BCUT2D eigenvalue weighted by atomic mass is 10.1. The number of nitrogens with zero attached hydrogens (tertiary/aromatic N) is 3. The molecule has 2 rings (SSSR count). The number of hydrogen-bond donors (Lipinski definition) is 3. The van der Waals surface area contributed by atoms with E-state index in [1.165, 1.54) is 4.90 Å². The van der Waals surface area contributed by atoms with Gasteiger partial charge in [0.1, 0.15) is 6.61 Å². The average molecular weight is 420 g/mol. The normalized spacial score (nSPS) is 17.7. The molecule has 1 aromatic rings. The Balaban J connectivity index is 2.25. The zero-order valence-electron chi connectivity index (χ0n) is 18.0. The molecule has 0 radical (unpaired) electrons. The van der Waals surface area contributed by atoms with E-state index in [2.05, 4.69) is 9.98 Å². The average Bonchev–Trinajstić information content (AvgIpc) is 2.86. The minimum absolute atomic E-state index is 0.125. The van der Waals surface area contributed by atoms with Crippen LogP contribution in [0.25, 0.3) is 0 Å². The summed E-state index contributed by atoms with van der Waals surface area (Å²) in [6.45, 7) is 6.40. The van der Waals surface area contributed by atoms with Crippen molar-refractivity contribution in [1.82, 2.24) is 9.88 Å². The van der Waals surface area contributed by atoms with E-state index in [1.807, 2.05) is 26.0 Å². The van der Waals surface area contributed by atoms with Gasteiger partial charge in [0.25, 0.3) is 0 Å². The first kappa shape index (κ1) is 23.5. The van der Waals surface area contributed by atoms with Gasteiger partial charge < -0.3 is 26.0 Å². The standard InChI is InChI=1S/C21H33N5O4/c1-4-6-16(27)13-30-19-9-18(20(23)17(22)11-25-19)26(21(28)29-5-2)12-15-8-7-14(3)24-10-15/h7-8,10,16,18,27H,4-6,9,11-13,22-23H2,1-3H3/t16-,18?/m0/s1. The van der Waals surface area contributed by atoms with Crippen LogP contribution in [0.1, 0.15) is 44.4 Å². The maximum absolute atomic E-state index is 12.8. The largest absolute Gasteiger partial charge is 0.478 e. The zero-order chi connectivity index (χ0) is 22.1. The number of ether oxygens (including phenoxy) is 2. The molecule has 0 saturated heterocycles. The molecule has 0 bridgehead atoms. The summed E-state index contributed by atoms with van der Waals surface area (Å²) in [4.78, 5) is 23.0. The molecule has 1 aliphatic heterocycles. The minimum atomic E-state index is -0.588. The molecular formula is C21H33N5O4. The Morgan fingerprint density at radius 2 is 2.13 bits per heavy atom. The molecule has 2 heterocycles. The van der Waals surface area contributed by atoms with Gasteiger partial charge in [-0.05, 0) is 31.9 Å². The van der Waals surface area contributed by atoms with Crippen LogP contribution in [-0.4, -0.2) is 58.9 Å². The molecule has 0 aromatic carbocycles. The fourth-order valence-electron chi connectivity index (χ4n) is 3.11. The van der Waals surface area contributed by atoms with Crippen LogP contribution < -0.4 is 11.5 Å². The van der Waals surface area contributed by atoms with Crippen molar-refractivity contribution in [2.45, 2.75) is 58.7 Å². The Morgan fingerprint density at radius 1 is 1.37 bits per heavy atom. The van der Waals surface area contributed by atoms with Crippen molar-refractivity contribution < 1.29 is 19.4 Å². The van der Waals surface area contributed by atoms with E-state index < -0.39 is 18.2 Å². The molecule has 1 unspecified atom stereocenters. The van der Waals surface area contributed by atoms with Crippen LogP contribution in [0.2, 0.25) is 0 Å². The summed E-state index contributed by atoms with van der Waals surface area (Å²) in [5.41, 5.74) is 14.9. The molecule has 1 amide bonds. The summed E-state index contributed by atoms with van der Waals surface area (Å²) in [7, 11) is 0. The number of rotatable bonds is 8. The van der Waals surface area contributed by atoms with Crippen LogP contribution in [0.15, 0.2) is 34.7 Å². The van der Waals surface area contributed by atoms with E-state index in [0.717, 1.165) is 17.7 Å². The first-order chi connectivity index (χ1) is 14.3. The van der Waals surface area contributed by atoms with E-state index in [-0.39, 0.29) is 32.7 Å². The molecule has 0 spiro atoms. The zero-order valence-corrected chi connectivity index (χ0v) is 18.0. The van der Waals surface area contributed by atoms with E-state index in [0.29, 0.717) is 23.7 Å². The van der Waals surface area contributed by atoms with Crippen LogP contribution in [0.3, 0.4) is 0 Å². The fourth-order valence-corrected chi connectivity index (χ4v) is 3.11. The molecule has 1 aliphatic rings. The smallest absolute Gasteiger partial charge is 0.410 e. The summed E-state index contributed by atoms with van der Waals surface area (Å²) in [5, 5.41) is 9.97. The highest BCUT2D eigenvalue weighted by atomic mass is 16.6. The van der Waals surface area contributed by atoms with Crippen LogP contribution in [0, 0.1) is 6.92 Å². The molecule has 1 aromatic heterocycles. The molecule has 2 atom stereocenters. The lowest BCUT2D eigenvalue weighted by Crippen LogP contribution is -2.45. The number of pyridine rings is 1. The second-order valence-electron chi connectivity index (χ2n) is 7.30. The third kappa shape index (κ3) is 6.62. The first-order valence-electron chi connectivity index (χ1n) is 10.3. The number of aliphatic hydroxyl groups excluding tert-OH is 1. The van der Waals surface area contributed by atoms with Gasteiger partial charge in [0.05, 0.1) is 43.2 Å². The quantitative estimate of drug-likeness (QED) is 0.584. The predicted molar refractivity (Wildman–Crippen MR) is 115 cm³/mol. The summed E-state index contributed by atoms with van der Waals surface area (Å²) in [5.74, 6) is 0.398. The SMILES string of the molecule is CCC[C@H](O)COC1=NCC(N)=C(N)C(N(Cc2ccc(C)nc2)C(=O)OCC)C1. The Bertz CT molecular complexity index is 763. The molecule has 30 heavy (non-hydrogen) atoms. The van der Waals surface area contributed by atoms with E-state index in [4.69, 9.17) is 20.9 Å². The monoisotopic (exact) mass is 419 g/mol. The van der Waals surface area contributed by atoms with Crippen molar-refractivity contribution in [3.8, 4) is 0 Å². The third-order valence-electron chi connectivity index (χ3n) is 4.79. The highest BCUT2D eigenvalue weighted by Gasteiger charge is 2.32. The van der Waals surface area contributed by atoms with Crippen molar-refractivity contribution in [2.24, 2.45) is 16.5 Å². The van der Waals surface area contributed by atoms with E-state index in [9.17, 15) is 9.90 Å². The maximum atomic E-state index is 12.8. The lowest BCUT2D eigenvalue weighted by Gasteiger charge is -2.31. The van der Waals surface area contributed by atoms with Gasteiger partial charge in [-0.2, -0.15) is 0 Å². The van der Waals surface area contributed by atoms with Gasteiger partial charge in [-0.1, -0.05) is 19.4 Å². The van der Waals surface area contributed by atoms with E-state index in [1.54, 1.807) is 13.1 Å². The Hall–Kier alpha value is -2.81. The molecular weight excluding hydrogens is 386 g/mol. The van der Waals surface area contributed by atoms with E-state index >= 15 is 0 Å². The second-order valence-corrected chi connectivity index (χ2v) is 7.30. The molecule has 9 nitrogen and oxygen atoms in total. The number of aliphatic imine (C=N–C) groups is 1. The highest BCUT2D eigenvalue weighted by Crippen LogP contribution is 2.21. The van der Waals surface area contributed by atoms with Crippen LogP contribution in [0.4, 0.5) is 4.79 Å². The number of amides is 1. The number of aryl methyl sites for hydroxylation is 1. The van der Waals surface area contributed by atoms with Crippen molar-refractivity contribution in [2.75, 3.05) is 19.8 Å². The second kappa shape index (κ2) is 11.4. The van der Waals surface area contributed by atoms with Crippen LogP contribution in [0.5, 0.6) is 0 Å². The maximum Gasteiger partial charge on any atom is 0.410 e. The van der Waals surface area contributed by atoms with Gasteiger partial charge in [0.15, 0.2) is 5.90 Å². The molecule has 0 aliphatic carbocycles. The number of nitrogens with two attached hydrogens (primary N) is 2. The summed E-state index contributed by atoms with van der Waals surface area (Å²) < 4.78 is 11.0. The molecule has 0 saturated carbocycles. The van der Waals surface area contributed by atoms with Gasteiger partial charge in [-0.25, -0.2) is 9.79 Å². The van der Waals surface area contributed by atoms with Crippen molar-refractivity contribution in [1.29, 1.82) is 0 Å². The number of hydrogen-bond acceptors (Lipinski definition) is 8. The number of aliphatic hydroxyl groups is 1. The number of aromatic nitrogens is 1. The topological polar surface area (TPSA) is 136 Å². The molecule has 0 fully saturated rings. The molecule has 5 N–H and O–H groups in total. The van der Waals surface area contributed by atoms with Crippen LogP contribution >= 0.6 is 0 Å². The van der Waals surface area contributed by atoms with Crippen molar-refractivity contribution in [3.63, 3.8) is 0 Å². The fraction of sp³-hybridized carbons (Fsp3) is 0.571. The number of carbonyl (C=O) groups excluding carboxylic acids is 1. The van der Waals surface area contributed by atoms with Gasteiger partial charge in [0, 0.05) is 18.3 Å². The predicted octanol–water partition coefficient (Wildman–Crippen LogP) is 1.83. The number of carbonyl (C=O) groups is 1. The van der Waals surface area contributed by atoms with Gasteiger partial charge >= 0.3 is 6.09 Å². The Morgan fingerprint density at radius 3 is 2.77 bits per heavy atom. The van der Waals surface area contributed by atoms with Crippen molar-refractivity contribution >= 4 is 12.0 Å². The highest BCUT2D eigenvalue weighted by molar-refractivity contribution is 5.79. The van der Waals surface area contributed by atoms with Crippen molar-refractivity contribution in [3.05, 3.63) is 41.0 Å². The third-order valence-corrected chi connectivity index (χ3v) is 4.79. The van der Waals surface area contributed by atoms with Crippen LogP contribution in [-0.2, 0) is 16.0 Å². The summed E-state index contributed by atoms with van der Waals surface area (Å²) in [6, 6.07) is 3.20. The summed E-state index contributed by atoms with van der Waals surface area (Å²) in [6.07, 6.45) is 2.35.